The molecule has 1 atom stereocenters. The summed E-state index contributed by atoms with van der Waals surface area (Å²) in [6, 6.07) is 15.6. The Kier molecular flexibility index (Phi) is 4.99. The van der Waals surface area contributed by atoms with Gasteiger partial charge in [-0.1, -0.05) is 50.2 Å². The van der Waals surface area contributed by atoms with Crippen LogP contribution in [0, 0.1) is 0 Å². The fourth-order valence-corrected chi connectivity index (χ4v) is 2.39. The molecule has 3 heteroatoms. The molecule has 0 aromatic heterocycles. The number of para-hydroxylation sites is 1. The maximum absolute atomic E-state index is 11.3. The van der Waals surface area contributed by atoms with Crippen LogP contribution in [0.3, 0.4) is 0 Å². The number of carbonyl (C=O) groups is 1. The molecule has 110 valence electrons. The highest BCUT2D eigenvalue weighted by Crippen LogP contribution is 2.25. The van der Waals surface area contributed by atoms with E-state index in [0.717, 1.165) is 12.8 Å². The second-order valence-electron chi connectivity index (χ2n) is 5.05. The average molecular weight is 283 g/mol. The first-order chi connectivity index (χ1) is 10.2. The molecule has 2 aromatic carbocycles. The zero-order valence-electron chi connectivity index (χ0n) is 12.5. The van der Waals surface area contributed by atoms with E-state index < -0.39 is 5.97 Å². The Bertz CT molecular complexity index is 605. The van der Waals surface area contributed by atoms with Gasteiger partial charge in [0.2, 0.25) is 0 Å². The third-order valence-corrected chi connectivity index (χ3v) is 3.69. The summed E-state index contributed by atoms with van der Waals surface area (Å²) in [5, 5.41) is 12.6. The van der Waals surface area contributed by atoms with Gasteiger partial charge in [-0.2, -0.15) is 0 Å². The minimum atomic E-state index is -0.908. The van der Waals surface area contributed by atoms with Crippen molar-refractivity contribution >= 4 is 11.7 Å². The third-order valence-electron chi connectivity index (χ3n) is 3.69. The smallest absolute Gasteiger partial charge is 0.337 e. The number of rotatable bonds is 6. The van der Waals surface area contributed by atoms with Gasteiger partial charge in [0.15, 0.2) is 0 Å². The first-order valence-electron chi connectivity index (χ1n) is 7.33. The van der Waals surface area contributed by atoms with Gasteiger partial charge in [0.1, 0.15) is 0 Å². The number of nitrogens with one attached hydrogen (secondary N) is 1. The Labute approximate surface area is 125 Å². The molecule has 0 saturated carbocycles. The lowest BCUT2D eigenvalue weighted by molar-refractivity contribution is 0.0698. The van der Waals surface area contributed by atoms with Crippen LogP contribution in [0.1, 0.15) is 47.8 Å². The van der Waals surface area contributed by atoms with E-state index in [1.54, 1.807) is 12.1 Å². The van der Waals surface area contributed by atoms with Gasteiger partial charge < -0.3 is 10.4 Å². The van der Waals surface area contributed by atoms with Crippen molar-refractivity contribution in [2.24, 2.45) is 0 Å². The summed E-state index contributed by atoms with van der Waals surface area (Å²) in [6.07, 6.45) is 1.91. The highest BCUT2D eigenvalue weighted by Gasteiger charge is 2.14. The quantitative estimate of drug-likeness (QED) is 0.820. The molecule has 0 heterocycles. The zero-order chi connectivity index (χ0) is 15.2. The number of anilines is 1. The van der Waals surface area contributed by atoms with Gasteiger partial charge in [0.05, 0.1) is 11.6 Å². The van der Waals surface area contributed by atoms with Gasteiger partial charge in [0, 0.05) is 5.69 Å². The van der Waals surface area contributed by atoms with Crippen LogP contribution in [0.4, 0.5) is 5.69 Å². The van der Waals surface area contributed by atoms with Crippen LogP contribution in [0.5, 0.6) is 0 Å². The van der Waals surface area contributed by atoms with Gasteiger partial charge >= 0.3 is 5.97 Å². The van der Waals surface area contributed by atoms with Gasteiger partial charge in [-0.05, 0) is 36.1 Å². The lowest BCUT2D eigenvalue weighted by Gasteiger charge is -2.20. The Balaban J connectivity index is 2.24. The van der Waals surface area contributed by atoms with Crippen LogP contribution in [-0.2, 0) is 6.42 Å². The van der Waals surface area contributed by atoms with E-state index in [4.69, 9.17) is 0 Å². The molecular weight excluding hydrogens is 262 g/mol. The molecule has 2 rings (SSSR count). The molecule has 2 N–H and O–H groups in total. The van der Waals surface area contributed by atoms with Crippen molar-refractivity contribution in [3.8, 4) is 0 Å². The van der Waals surface area contributed by atoms with Crippen molar-refractivity contribution in [3.63, 3.8) is 0 Å². The number of carboxylic acid groups (broad SMARTS) is 1. The molecule has 2 aromatic rings. The molecule has 0 aliphatic carbocycles. The van der Waals surface area contributed by atoms with Crippen molar-refractivity contribution in [2.75, 3.05) is 5.32 Å². The topological polar surface area (TPSA) is 49.3 Å². The second kappa shape index (κ2) is 6.93. The molecule has 0 spiro atoms. The Morgan fingerprint density at radius 1 is 1.10 bits per heavy atom. The zero-order valence-corrected chi connectivity index (χ0v) is 12.5. The summed E-state index contributed by atoms with van der Waals surface area (Å²) in [4.78, 5) is 11.3. The lowest BCUT2D eigenvalue weighted by Crippen LogP contribution is -2.12. The molecule has 0 aliphatic rings. The molecule has 0 fully saturated rings. The van der Waals surface area contributed by atoms with Crippen LogP contribution in [0.15, 0.2) is 48.5 Å². The molecule has 0 bridgehead atoms. The summed E-state index contributed by atoms with van der Waals surface area (Å²) in [5.41, 5.74) is 3.45. The van der Waals surface area contributed by atoms with Crippen molar-refractivity contribution < 1.29 is 9.90 Å². The molecule has 21 heavy (non-hydrogen) atoms. The summed E-state index contributed by atoms with van der Waals surface area (Å²) < 4.78 is 0. The Hall–Kier alpha value is -2.29. The van der Waals surface area contributed by atoms with Crippen LogP contribution >= 0.6 is 0 Å². The molecule has 0 radical (unpaired) electrons. The molecule has 3 nitrogen and oxygen atoms in total. The maximum atomic E-state index is 11.3. The highest BCUT2D eigenvalue weighted by molar-refractivity contribution is 5.94. The molecule has 1 unspecified atom stereocenters. The second-order valence-corrected chi connectivity index (χ2v) is 5.05. The molecule has 0 saturated heterocycles. The largest absolute Gasteiger partial charge is 0.478 e. The van der Waals surface area contributed by atoms with E-state index in [9.17, 15) is 9.90 Å². The van der Waals surface area contributed by atoms with Crippen LogP contribution in [-0.4, -0.2) is 11.1 Å². The van der Waals surface area contributed by atoms with E-state index in [0.29, 0.717) is 11.3 Å². The summed E-state index contributed by atoms with van der Waals surface area (Å²) in [7, 11) is 0. The fraction of sp³-hybridized carbons (Fsp3) is 0.278. The number of hydrogen-bond acceptors (Lipinski definition) is 2. The molecular formula is C18H21NO2. The fourth-order valence-electron chi connectivity index (χ4n) is 2.39. The maximum Gasteiger partial charge on any atom is 0.337 e. The SMILES string of the molecule is CCc1ccc(C(CC)Nc2ccccc2C(=O)O)cc1. The van der Waals surface area contributed by atoms with E-state index in [2.05, 4.69) is 43.4 Å². The minimum absolute atomic E-state index is 0.108. The number of aromatic carboxylic acids is 1. The van der Waals surface area contributed by atoms with Gasteiger partial charge in [-0.3, -0.25) is 0 Å². The number of aryl methyl sites for hydroxylation is 1. The minimum Gasteiger partial charge on any atom is -0.478 e. The van der Waals surface area contributed by atoms with Crippen molar-refractivity contribution in [1.29, 1.82) is 0 Å². The first kappa shape index (κ1) is 15.1. The number of carboxylic acids is 1. The Morgan fingerprint density at radius 3 is 2.33 bits per heavy atom. The predicted molar refractivity (Wildman–Crippen MR) is 85.9 cm³/mol. The summed E-state index contributed by atoms with van der Waals surface area (Å²) >= 11 is 0. The number of hydrogen-bond donors (Lipinski definition) is 2. The third kappa shape index (κ3) is 3.63. The van der Waals surface area contributed by atoms with E-state index >= 15 is 0 Å². The Morgan fingerprint density at radius 2 is 1.76 bits per heavy atom. The van der Waals surface area contributed by atoms with Crippen LogP contribution in [0.25, 0.3) is 0 Å². The van der Waals surface area contributed by atoms with E-state index in [-0.39, 0.29) is 6.04 Å². The van der Waals surface area contributed by atoms with E-state index in [1.807, 2.05) is 12.1 Å². The van der Waals surface area contributed by atoms with Crippen LogP contribution < -0.4 is 5.32 Å². The highest BCUT2D eigenvalue weighted by atomic mass is 16.4. The van der Waals surface area contributed by atoms with Crippen molar-refractivity contribution in [2.45, 2.75) is 32.7 Å². The summed E-state index contributed by atoms with van der Waals surface area (Å²) in [6.45, 7) is 4.22. The standard InChI is InChI=1S/C18H21NO2/c1-3-13-9-11-14(12-10-13)16(4-2)19-17-8-6-5-7-15(17)18(20)21/h5-12,16,19H,3-4H2,1-2H3,(H,20,21). The van der Waals surface area contributed by atoms with Crippen molar-refractivity contribution in [1.82, 2.24) is 0 Å². The van der Waals surface area contributed by atoms with Gasteiger partial charge in [-0.25, -0.2) is 4.79 Å². The molecule has 0 aliphatic heterocycles. The van der Waals surface area contributed by atoms with Gasteiger partial charge in [0.25, 0.3) is 0 Å². The van der Waals surface area contributed by atoms with Crippen molar-refractivity contribution in [3.05, 3.63) is 65.2 Å². The van der Waals surface area contributed by atoms with E-state index in [1.165, 1.54) is 11.1 Å². The average Bonchev–Trinajstić information content (AvgIpc) is 2.53. The monoisotopic (exact) mass is 283 g/mol. The first-order valence-corrected chi connectivity index (χ1v) is 7.33. The van der Waals surface area contributed by atoms with Gasteiger partial charge in [-0.15, -0.1) is 0 Å². The summed E-state index contributed by atoms with van der Waals surface area (Å²) in [5.74, 6) is -0.908. The predicted octanol–water partition coefficient (Wildman–Crippen LogP) is 4.51. The normalized spacial score (nSPS) is 11.9. The van der Waals surface area contributed by atoms with Crippen LogP contribution in [0.2, 0.25) is 0 Å². The molecule has 0 amide bonds. The lowest BCUT2D eigenvalue weighted by atomic mass is 10.0. The number of benzene rings is 2.